The zero-order chi connectivity index (χ0) is 8.65. The molecule has 4 N–H and O–H groups in total. The van der Waals surface area contributed by atoms with E-state index in [1.54, 1.807) is 0 Å². The Labute approximate surface area is 72.7 Å². The van der Waals surface area contributed by atoms with Gasteiger partial charge in [0.25, 0.3) is 0 Å². The molecule has 1 rings (SSSR count). The standard InChI is InChI=1S/C6H12O4Se/c7-2-6(11)1-3(8)4(9)5(6)10/h3-5,7-11H,1-2H2/t3-,4-,5+,6-/m0/s1. The Morgan fingerprint density at radius 2 is 1.91 bits per heavy atom. The van der Waals surface area contributed by atoms with Crippen LogP contribution in [-0.4, -0.2) is 61.4 Å². The van der Waals surface area contributed by atoms with Crippen LogP contribution in [0.3, 0.4) is 0 Å². The van der Waals surface area contributed by atoms with E-state index in [2.05, 4.69) is 16.0 Å². The van der Waals surface area contributed by atoms with Gasteiger partial charge in [0.15, 0.2) is 0 Å². The van der Waals surface area contributed by atoms with Gasteiger partial charge in [-0.15, -0.1) is 0 Å². The zero-order valence-corrected chi connectivity index (χ0v) is 7.76. The fraction of sp³-hybridized carbons (Fsp3) is 1.00. The first-order valence-electron chi connectivity index (χ1n) is 3.39. The Bertz CT molecular complexity index is 154. The topological polar surface area (TPSA) is 80.9 Å². The summed E-state index contributed by atoms with van der Waals surface area (Å²) in [6.45, 7) is -0.248. The van der Waals surface area contributed by atoms with Gasteiger partial charge in [-0.25, -0.2) is 0 Å². The monoisotopic (exact) mass is 228 g/mol. The van der Waals surface area contributed by atoms with Crippen molar-refractivity contribution in [3.8, 4) is 0 Å². The maximum atomic E-state index is 9.30. The van der Waals surface area contributed by atoms with Crippen molar-refractivity contribution >= 4 is 16.0 Å². The quantitative estimate of drug-likeness (QED) is 0.374. The molecule has 0 amide bonds. The van der Waals surface area contributed by atoms with Gasteiger partial charge in [0.05, 0.1) is 0 Å². The van der Waals surface area contributed by atoms with Crippen molar-refractivity contribution in [1.29, 1.82) is 0 Å². The van der Waals surface area contributed by atoms with Gasteiger partial charge in [-0.3, -0.25) is 0 Å². The summed E-state index contributed by atoms with van der Waals surface area (Å²) < 4.78 is -0.814. The molecule has 0 aromatic rings. The first-order chi connectivity index (χ1) is 5.01. The molecule has 0 aromatic carbocycles. The molecule has 1 saturated carbocycles. The summed E-state index contributed by atoms with van der Waals surface area (Å²) in [5, 5.41) is 36.4. The zero-order valence-electron chi connectivity index (χ0n) is 5.88. The predicted octanol–water partition coefficient (Wildman–Crippen LogP) is -2.48. The van der Waals surface area contributed by atoms with Gasteiger partial charge in [0.2, 0.25) is 0 Å². The van der Waals surface area contributed by atoms with E-state index in [0.29, 0.717) is 0 Å². The summed E-state index contributed by atoms with van der Waals surface area (Å²) in [5.74, 6) is 0. The van der Waals surface area contributed by atoms with Crippen LogP contribution in [0.4, 0.5) is 0 Å². The van der Waals surface area contributed by atoms with E-state index in [-0.39, 0.29) is 13.0 Å². The van der Waals surface area contributed by atoms with Gasteiger partial charge in [0.1, 0.15) is 0 Å². The first-order valence-corrected chi connectivity index (χ1v) is 4.32. The molecule has 0 heterocycles. The molecule has 0 aliphatic heterocycles. The summed E-state index contributed by atoms with van der Waals surface area (Å²) in [6.07, 6.45) is -2.90. The second-order valence-corrected chi connectivity index (χ2v) is 4.84. The molecule has 4 atom stereocenters. The molecular formula is C6H12O4Se. The predicted molar refractivity (Wildman–Crippen MR) is 39.6 cm³/mol. The van der Waals surface area contributed by atoms with Crippen molar-refractivity contribution < 1.29 is 20.4 Å². The van der Waals surface area contributed by atoms with E-state index >= 15 is 0 Å². The average molecular weight is 227 g/mol. The van der Waals surface area contributed by atoms with Crippen LogP contribution in [0.2, 0.25) is 4.31 Å². The van der Waals surface area contributed by atoms with Crippen LogP contribution in [0.15, 0.2) is 0 Å². The Morgan fingerprint density at radius 3 is 2.09 bits per heavy atom. The summed E-state index contributed by atoms with van der Waals surface area (Å²) in [5.41, 5.74) is 0. The van der Waals surface area contributed by atoms with E-state index in [1.807, 2.05) is 0 Å². The minimum atomic E-state index is -1.13. The molecule has 1 aliphatic rings. The fourth-order valence-electron chi connectivity index (χ4n) is 1.29. The molecule has 0 bridgehead atoms. The Balaban J connectivity index is 2.73. The van der Waals surface area contributed by atoms with E-state index < -0.39 is 22.6 Å². The van der Waals surface area contributed by atoms with E-state index in [0.717, 1.165) is 0 Å². The molecule has 1 aliphatic carbocycles. The average Bonchev–Trinajstić information content (AvgIpc) is 2.17. The Kier molecular flexibility index (Phi) is 2.59. The number of hydrogen-bond acceptors (Lipinski definition) is 4. The van der Waals surface area contributed by atoms with Crippen LogP contribution >= 0.6 is 0 Å². The molecule has 0 aromatic heterocycles. The van der Waals surface area contributed by atoms with Crippen LogP contribution in [0, 0.1) is 0 Å². The normalized spacial score (nSPS) is 51.5. The van der Waals surface area contributed by atoms with Crippen LogP contribution in [-0.2, 0) is 0 Å². The molecule has 0 unspecified atom stereocenters. The Hall–Kier alpha value is 0.359. The van der Waals surface area contributed by atoms with Gasteiger partial charge in [-0.2, -0.15) is 0 Å². The van der Waals surface area contributed by atoms with Crippen molar-refractivity contribution in [2.45, 2.75) is 29.0 Å². The minimum absolute atomic E-state index is 0.214. The van der Waals surface area contributed by atoms with E-state index in [1.165, 1.54) is 0 Å². The first kappa shape index (κ1) is 9.45. The van der Waals surface area contributed by atoms with Crippen molar-refractivity contribution in [3.63, 3.8) is 0 Å². The van der Waals surface area contributed by atoms with Crippen molar-refractivity contribution in [2.24, 2.45) is 0 Å². The van der Waals surface area contributed by atoms with Gasteiger partial charge < -0.3 is 0 Å². The van der Waals surface area contributed by atoms with Gasteiger partial charge in [0, 0.05) is 0 Å². The third-order valence-corrected chi connectivity index (χ3v) is 3.34. The molecule has 5 heteroatoms. The van der Waals surface area contributed by atoms with Crippen molar-refractivity contribution in [3.05, 3.63) is 0 Å². The maximum absolute atomic E-state index is 9.30. The SMILES string of the molecule is OC[C@@]1([SeH])C[C@H](O)[C@H](O)[C@H]1O. The van der Waals surface area contributed by atoms with Crippen LogP contribution in [0.1, 0.15) is 6.42 Å². The number of rotatable bonds is 1. The Morgan fingerprint density at radius 1 is 1.36 bits per heavy atom. The van der Waals surface area contributed by atoms with Crippen LogP contribution < -0.4 is 0 Å². The third kappa shape index (κ3) is 1.45. The molecule has 66 valence electrons. The molecule has 1 fully saturated rings. The molecule has 11 heavy (non-hydrogen) atoms. The number of aliphatic hydroxyl groups is 4. The van der Waals surface area contributed by atoms with Gasteiger partial charge >= 0.3 is 72.1 Å². The summed E-state index contributed by atoms with van der Waals surface area (Å²) in [4.78, 5) is 0. The molecule has 0 spiro atoms. The number of aliphatic hydroxyl groups excluding tert-OH is 4. The van der Waals surface area contributed by atoms with Crippen LogP contribution in [0.5, 0.6) is 0 Å². The van der Waals surface area contributed by atoms with E-state index in [9.17, 15) is 5.11 Å². The summed E-state index contributed by atoms with van der Waals surface area (Å²) in [7, 11) is 0. The second kappa shape index (κ2) is 3.01. The molecule has 0 saturated heterocycles. The molecule has 4 nitrogen and oxygen atoms in total. The van der Waals surface area contributed by atoms with E-state index in [4.69, 9.17) is 15.3 Å². The van der Waals surface area contributed by atoms with Gasteiger partial charge in [-0.05, 0) is 0 Å². The summed E-state index contributed by atoms with van der Waals surface area (Å²) in [6, 6.07) is 0. The van der Waals surface area contributed by atoms with Crippen LogP contribution in [0.25, 0.3) is 0 Å². The molecule has 0 radical (unpaired) electrons. The third-order valence-electron chi connectivity index (χ3n) is 2.10. The van der Waals surface area contributed by atoms with Crippen molar-refractivity contribution in [1.82, 2.24) is 0 Å². The number of hydrogen-bond donors (Lipinski definition) is 4. The van der Waals surface area contributed by atoms with Gasteiger partial charge in [-0.1, -0.05) is 0 Å². The second-order valence-electron chi connectivity index (χ2n) is 2.97. The fourth-order valence-corrected chi connectivity index (χ4v) is 2.00. The summed E-state index contributed by atoms with van der Waals surface area (Å²) >= 11 is 2.11. The molecular weight excluding hydrogens is 215 g/mol. The van der Waals surface area contributed by atoms with Crippen molar-refractivity contribution in [2.75, 3.05) is 6.61 Å².